The number of urea groups is 1. The maximum absolute atomic E-state index is 12.0. The summed E-state index contributed by atoms with van der Waals surface area (Å²) in [4.78, 5) is 26.4. The predicted octanol–water partition coefficient (Wildman–Crippen LogP) is 0.507. The van der Waals surface area contributed by atoms with Gasteiger partial charge in [-0.1, -0.05) is 12.2 Å². The largest absolute Gasteiger partial charge is 0.481 e. The highest BCUT2D eigenvalue weighted by molar-refractivity contribution is 5.74. The highest BCUT2D eigenvalue weighted by Gasteiger charge is 2.23. The molecule has 1 saturated heterocycles. The average molecular weight is 267 g/mol. The van der Waals surface area contributed by atoms with Crippen molar-refractivity contribution in [2.75, 3.05) is 32.7 Å². The Morgan fingerprint density at radius 2 is 1.79 bits per heavy atom. The number of amides is 2. The molecule has 0 saturated carbocycles. The molecule has 0 atom stereocenters. The molecular weight excluding hydrogens is 246 g/mol. The molecule has 0 bridgehead atoms. The van der Waals surface area contributed by atoms with Gasteiger partial charge in [0.2, 0.25) is 0 Å². The second-order valence-corrected chi connectivity index (χ2v) is 5.06. The minimum absolute atomic E-state index is 0.00610. The second-order valence-electron chi connectivity index (χ2n) is 5.06. The molecule has 2 rings (SSSR count). The summed E-state index contributed by atoms with van der Waals surface area (Å²) in [7, 11) is 0. The van der Waals surface area contributed by atoms with Gasteiger partial charge in [0, 0.05) is 38.8 Å². The van der Waals surface area contributed by atoms with Gasteiger partial charge in [0.05, 0.1) is 6.42 Å². The zero-order valence-electron chi connectivity index (χ0n) is 11.0. The number of piperazine rings is 1. The second kappa shape index (κ2) is 6.56. The van der Waals surface area contributed by atoms with Crippen LogP contribution in [0.15, 0.2) is 12.2 Å². The fourth-order valence-electron chi connectivity index (χ4n) is 2.43. The topological polar surface area (TPSA) is 72.9 Å². The lowest BCUT2D eigenvalue weighted by Gasteiger charge is -2.35. The SMILES string of the molecule is O=C(O)CCN1CCN(C(=O)NC2CC=CC2)CC1. The third-order valence-corrected chi connectivity index (χ3v) is 3.64. The summed E-state index contributed by atoms with van der Waals surface area (Å²) in [5.41, 5.74) is 0. The number of carbonyl (C=O) groups is 2. The monoisotopic (exact) mass is 267 g/mol. The Balaban J connectivity index is 1.67. The van der Waals surface area contributed by atoms with Crippen LogP contribution in [0.25, 0.3) is 0 Å². The van der Waals surface area contributed by atoms with Crippen LogP contribution in [0, 0.1) is 0 Å². The maximum atomic E-state index is 12.0. The van der Waals surface area contributed by atoms with Gasteiger partial charge in [-0.2, -0.15) is 0 Å². The maximum Gasteiger partial charge on any atom is 0.317 e. The van der Waals surface area contributed by atoms with E-state index in [0.29, 0.717) is 19.6 Å². The Kier molecular flexibility index (Phi) is 4.79. The van der Waals surface area contributed by atoms with Crippen LogP contribution in [0.5, 0.6) is 0 Å². The zero-order valence-corrected chi connectivity index (χ0v) is 11.0. The van der Waals surface area contributed by atoms with E-state index in [1.54, 1.807) is 0 Å². The molecule has 2 amide bonds. The Labute approximate surface area is 113 Å². The van der Waals surface area contributed by atoms with Crippen molar-refractivity contribution >= 4 is 12.0 Å². The van der Waals surface area contributed by atoms with Gasteiger partial charge in [-0.05, 0) is 12.8 Å². The van der Waals surface area contributed by atoms with Crippen molar-refractivity contribution < 1.29 is 14.7 Å². The number of carboxylic acid groups (broad SMARTS) is 1. The smallest absolute Gasteiger partial charge is 0.317 e. The van der Waals surface area contributed by atoms with Crippen molar-refractivity contribution in [2.24, 2.45) is 0 Å². The summed E-state index contributed by atoms with van der Waals surface area (Å²) < 4.78 is 0. The molecule has 2 N–H and O–H groups in total. The van der Waals surface area contributed by atoms with Crippen molar-refractivity contribution in [3.05, 3.63) is 12.2 Å². The van der Waals surface area contributed by atoms with Crippen LogP contribution < -0.4 is 5.32 Å². The number of hydrogen-bond acceptors (Lipinski definition) is 3. The van der Waals surface area contributed by atoms with Crippen LogP contribution in [0.1, 0.15) is 19.3 Å². The van der Waals surface area contributed by atoms with Crippen molar-refractivity contribution in [1.82, 2.24) is 15.1 Å². The van der Waals surface area contributed by atoms with Gasteiger partial charge in [0.15, 0.2) is 0 Å². The van der Waals surface area contributed by atoms with Gasteiger partial charge in [-0.15, -0.1) is 0 Å². The van der Waals surface area contributed by atoms with Crippen LogP contribution in [0.2, 0.25) is 0 Å². The van der Waals surface area contributed by atoms with Crippen LogP contribution in [-0.2, 0) is 4.79 Å². The summed E-state index contributed by atoms with van der Waals surface area (Å²) >= 11 is 0. The van der Waals surface area contributed by atoms with Crippen molar-refractivity contribution in [1.29, 1.82) is 0 Å². The lowest BCUT2D eigenvalue weighted by molar-refractivity contribution is -0.137. The molecule has 0 spiro atoms. The fraction of sp³-hybridized carbons (Fsp3) is 0.692. The summed E-state index contributed by atoms with van der Waals surface area (Å²) in [6, 6.07) is 0.254. The van der Waals surface area contributed by atoms with Crippen LogP contribution in [-0.4, -0.2) is 65.7 Å². The quantitative estimate of drug-likeness (QED) is 0.728. The highest BCUT2D eigenvalue weighted by Crippen LogP contribution is 2.10. The lowest BCUT2D eigenvalue weighted by atomic mass is 10.2. The number of carbonyl (C=O) groups excluding carboxylic acids is 1. The van der Waals surface area contributed by atoms with Gasteiger partial charge in [0.25, 0.3) is 0 Å². The molecule has 0 unspecified atom stereocenters. The van der Waals surface area contributed by atoms with E-state index in [1.807, 2.05) is 4.90 Å². The summed E-state index contributed by atoms with van der Waals surface area (Å²) in [6.45, 7) is 3.42. The minimum Gasteiger partial charge on any atom is -0.481 e. The molecule has 19 heavy (non-hydrogen) atoms. The number of hydrogen-bond donors (Lipinski definition) is 2. The molecule has 0 aromatic carbocycles. The van der Waals surface area contributed by atoms with Crippen molar-refractivity contribution in [2.45, 2.75) is 25.3 Å². The van der Waals surface area contributed by atoms with E-state index in [0.717, 1.165) is 25.9 Å². The van der Waals surface area contributed by atoms with E-state index in [1.165, 1.54) is 0 Å². The molecule has 2 aliphatic rings. The van der Waals surface area contributed by atoms with E-state index in [9.17, 15) is 9.59 Å². The fourth-order valence-corrected chi connectivity index (χ4v) is 2.43. The predicted molar refractivity (Wildman–Crippen MR) is 71.0 cm³/mol. The first-order valence-electron chi connectivity index (χ1n) is 6.80. The van der Waals surface area contributed by atoms with Crippen LogP contribution in [0.3, 0.4) is 0 Å². The molecular formula is C13H21N3O3. The summed E-state index contributed by atoms with van der Waals surface area (Å²) in [5, 5.41) is 11.7. The Morgan fingerprint density at radius 3 is 2.37 bits per heavy atom. The first kappa shape index (κ1) is 13.9. The molecule has 0 aromatic heterocycles. The van der Waals surface area contributed by atoms with Gasteiger partial charge in [-0.25, -0.2) is 4.79 Å². The molecule has 1 aliphatic heterocycles. The van der Waals surface area contributed by atoms with Gasteiger partial charge >= 0.3 is 12.0 Å². The molecule has 6 nitrogen and oxygen atoms in total. The number of nitrogens with one attached hydrogen (secondary N) is 1. The standard InChI is InChI=1S/C13H21N3O3/c17-12(18)5-6-15-7-9-16(10-8-15)13(19)14-11-3-1-2-4-11/h1-2,11H,3-10H2,(H,14,19)(H,17,18). The number of aliphatic carboxylic acids is 1. The van der Waals surface area contributed by atoms with Gasteiger partial charge in [0.1, 0.15) is 0 Å². The number of nitrogens with zero attached hydrogens (tertiary/aromatic N) is 2. The molecule has 6 heteroatoms. The zero-order chi connectivity index (χ0) is 13.7. The third-order valence-electron chi connectivity index (χ3n) is 3.64. The van der Waals surface area contributed by atoms with Crippen molar-refractivity contribution in [3.8, 4) is 0 Å². The van der Waals surface area contributed by atoms with Crippen molar-refractivity contribution in [3.63, 3.8) is 0 Å². The lowest BCUT2D eigenvalue weighted by Crippen LogP contribution is -2.53. The van der Waals surface area contributed by atoms with E-state index in [4.69, 9.17) is 5.11 Å². The molecule has 106 valence electrons. The van der Waals surface area contributed by atoms with Crippen LogP contribution in [0.4, 0.5) is 4.79 Å². The summed E-state index contributed by atoms with van der Waals surface area (Å²) in [6.07, 6.45) is 6.19. The van der Waals surface area contributed by atoms with Crippen LogP contribution >= 0.6 is 0 Å². The Morgan fingerprint density at radius 1 is 1.16 bits per heavy atom. The normalized spacial score (nSPS) is 20.7. The first-order chi connectivity index (χ1) is 9.15. The van der Waals surface area contributed by atoms with Gasteiger partial charge < -0.3 is 15.3 Å². The third kappa shape index (κ3) is 4.24. The molecule has 1 heterocycles. The Bertz CT molecular complexity index is 354. The van der Waals surface area contributed by atoms with E-state index in [2.05, 4.69) is 22.4 Å². The van der Waals surface area contributed by atoms with Gasteiger partial charge in [-0.3, -0.25) is 9.69 Å². The molecule has 0 aromatic rings. The van der Waals surface area contributed by atoms with E-state index >= 15 is 0 Å². The minimum atomic E-state index is -0.770. The highest BCUT2D eigenvalue weighted by atomic mass is 16.4. The number of carboxylic acids is 1. The average Bonchev–Trinajstić information content (AvgIpc) is 2.89. The molecule has 0 radical (unpaired) electrons. The molecule has 1 fully saturated rings. The molecule has 1 aliphatic carbocycles. The van der Waals surface area contributed by atoms with E-state index < -0.39 is 5.97 Å². The number of rotatable bonds is 4. The summed E-state index contributed by atoms with van der Waals surface area (Å²) in [5.74, 6) is -0.770. The van der Waals surface area contributed by atoms with E-state index in [-0.39, 0.29) is 18.5 Å². The first-order valence-corrected chi connectivity index (χ1v) is 6.80. The Hall–Kier alpha value is -1.56.